The fraction of sp³-hybridized carbons (Fsp3) is 0.667. The van der Waals surface area contributed by atoms with Crippen LogP contribution in [0.1, 0.15) is 32.1 Å². The first-order chi connectivity index (χ1) is 9.09. The Hall–Kier alpha value is -1.21. The predicted octanol–water partition coefficient (Wildman–Crippen LogP) is 1.01. The minimum absolute atomic E-state index is 0.0938. The summed E-state index contributed by atoms with van der Waals surface area (Å²) in [6.07, 6.45) is 7.94. The lowest BCUT2D eigenvalue weighted by atomic mass is 9.94. The third-order valence-corrected chi connectivity index (χ3v) is 6.07. The summed E-state index contributed by atoms with van der Waals surface area (Å²) in [4.78, 5) is 7.72. The molecule has 1 aliphatic heterocycles. The van der Waals surface area contributed by atoms with E-state index in [0.717, 1.165) is 32.1 Å². The first-order valence-electron chi connectivity index (χ1n) is 6.68. The van der Waals surface area contributed by atoms with Gasteiger partial charge in [0.05, 0.1) is 12.4 Å². The Labute approximate surface area is 113 Å². The molecule has 2 aliphatic rings. The molecule has 2 atom stereocenters. The quantitative estimate of drug-likeness (QED) is 0.874. The van der Waals surface area contributed by atoms with Crippen molar-refractivity contribution < 1.29 is 8.42 Å². The highest BCUT2D eigenvalue weighted by Crippen LogP contribution is 2.39. The highest BCUT2D eigenvalue weighted by atomic mass is 32.2. The molecule has 1 aliphatic carbocycles. The Morgan fingerprint density at radius 3 is 2.58 bits per heavy atom. The normalized spacial score (nSPS) is 28.2. The van der Waals surface area contributed by atoms with E-state index in [0.29, 0.717) is 12.5 Å². The van der Waals surface area contributed by atoms with Gasteiger partial charge in [-0.15, -0.1) is 0 Å². The van der Waals surface area contributed by atoms with Crippen molar-refractivity contribution in [1.29, 1.82) is 0 Å². The van der Waals surface area contributed by atoms with Crippen LogP contribution < -0.4 is 5.73 Å². The zero-order chi connectivity index (χ0) is 13.5. The first-order valence-corrected chi connectivity index (χ1v) is 8.12. The van der Waals surface area contributed by atoms with Crippen molar-refractivity contribution in [2.75, 3.05) is 12.3 Å². The summed E-state index contributed by atoms with van der Waals surface area (Å²) >= 11 is 0. The van der Waals surface area contributed by atoms with Crippen LogP contribution in [-0.2, 0) is 10.0 Å². The molecule has 1 aromatic heterocycles. The number of rotatable bonds is 2. The number of nitrogens with zero attached hydrogens (tertiary/aromatic N) is 3. The van der Waals surface area contributed by atoms with Crippen molar-refractivity contribution in [1.82, 2.24) is 14.3 Å². The summed E-state index contributed by atoms with van der Waals surface area (Å²) in [5.74, 6) is 0.620. The van der Waals surface area contributed by atoms with E-state index in [4.69, 9.17) is 5.73 Å². The third-order valence-electron chi connectivity index (χ3n) is 4.20. The molecular formula is C12H18N4O2S. The van der Waals surface area contributed by atoms with Crippen molar-refractivity contribution in [3.8, 4) is 0 Å². The highest BCUT2D eigenvalue weighted by Gasteiger charge is 2.41. The number of nitrogen functional groups attached to an aromatic ring is 1. The Kier molecular flexibility index (Phi) is 3.18. The fourth-order valence-electron chi connectivity index (χ4n) is 3.30. The van der Waals surface area contributed by atoms with Gasteiger partial charge in [0.15, 0.2) is 0 Å². The second kappa shape index (κ2) is 4.72. The summed E-state index contributed by atoms with van der Waals surface area (Å²) in [5, 5.41) is 0. The van der Waals surface area contributed by atoms with Crippen LogP contribution in [-0.4, -0.2) is 35.3 Å². The molecule has 7 heteroatoms. The Balaban J connectivity index is 1.93. The number of nitrogens with two attached hydrogens (primary N) is 1. The van der Waals surface area contributed by atoms with E-state index in [1.807, 2.05) is 0 Å². The van der Waals surface area contributed by atoms with E-state index in [-0.39, 0.29) is 16.9 Å². The Morgan fingerprint density at radius 1 is 1.16 bits per heavy atom. The van der Waals surface area contributed by atoms with E-state index >= 15 is 0 Å². The standard InChI is InChI=1S/C12H18N4O2S/c13-12-14-7-10(8-15-12)19(17,18)16-6-2-4-9-3-1-5-11(9)16/h7-9,11H,1-6H2,(H2,13,14,15). The molecule has 1 aromatic rings. The van der Waals surface area contributed by atoms with Gasteiger partial charge < -0.3 is 5.73 Å². The number of sulfonamides is 1. The molecule has 104 valence electrons. The van der Waals surface area contributed by atoms with Gasteiger partial charge in [-0.05, 0) is 31.6 Å². The third kappa shape index (κ3) is 2.21. The smallest absolute Gasteiger partial charge is 0.246 e. The lowest BCUT2D eigenvalue weighted by Gasteiger charge is -2.36. The minimum Gasteiger partial charge on any atom is -0.368 e. The average Bonchev–Trinajstić information content (AvgIpc) is 2.87. The van der Waals surface area contributed by atoms with Gasteiger partial charge in [-0.2, -0.15) is 4.31 Å². The van der Waals surface area contributed by atoms with Crippen LogP contribution in [0, 0.1) is 5.92 Å². The van der Waals surface area contributed by atoms with Crippen LogP contribution in [0.3, 0.4) is 0 Å². The fourth-order valence-corrected chi connectivity index (χ4v) is 4.95. The zero-order valence-corrected chi connectivity index (χ0v) is 11.5. The Morgan fingerprint density at radius 2 is 1.84 bits per heavy atom. The van der Waals surface area contributed by atoms with Crippen LogP contribution >= 0.6 is 0 Å². The molecule has 19 heavy (non-hydrogen) atoms. The number of anilines is 1. The molecular weight excluding hydrogens is 264 g/mol. The number of aromatic nitrogens is 2. The molecule has 6 nitrogen and oxygen atoms in total. The number of hydrogen-bond donors (Lipinski definition) is 1. The van der Waals surface area contributed by atoms with E-state index < -0.39 is 10.0 Å². The first kappa shape index (κ1) is 12.8. The van der Waals surface area contributed by atoms with Crippen LogP contribution in [0.2, 0.25) is 0 Å². The zero-order valence-electron chi connectivity index (χ0n) is 10.7. The SMILES string of the molecule is Nc1ncc(S(=O)(=O)N2CCCC3CCCC32)cn1. The molecule has 2 heterocycles. The lowest BCUT2D eigenvalue weighted by Crippen LogP contribution is -2.46. The van der Waals surface area contributed by atoms with Crippen molar-refractivity contribution in [3.63, 3.8) is 0 Å². The molecule has 1 saturated heterocycles. The van der Waals surface area contributed by atoms with Crippen LogP contribution in [0.4, 0.5) is 5.95 Å². The molecule has 0 bridgehead atoms. The van der Waals surface area contributed by atoms with Crippen molar-refractivity contribution >= 4 is 16.0 Å². The maximum Gasteiger partial charge on any atom is 0.246 e. The lowest BCUT2D eigenvalue weighted by molar-refractivity contribution is 0.202. The van der Waals surface area contributed by atoms with E-state index in [1.54, 1.807) is 4.31 Å². The van der Waals surface area contributed by atoms with Gasteiger partial charge in [0.1, 0.15) is 4.90 Å². The molecule has 0 aromatic carbocycles. The largest absolute Gasteiger partial charge is 0.368 e. The molecule has 1 saturated carbocycles. The van der Waals surface area contributed by atoms with Gasteiger partial charge in [-0.3, -0.25) is 0 Å². The second-order valence-corrected chi connectivity index (χ2v) is 7.18. The van der Waals surface area contributed by atoms with Crippen molar-refractivity contribution in [2.45, 2.75) is 43.0 Å². The highest BCUT2D eigenvalue weighted by molar-refractivity contribution is 7.89. The average molecular weight is 282 g/mol. The number of fused-ring (bicyclic) bond motifs is 1. The Bertz CT molecular complexity index is 558. The van der Waals surface area contributed by atoms with Gasteiger partial charge in [-0.1, -0.05) is 6.42 Å². The van der Waals surface area contributed by atoms with Crippen LogP contribution in [0.25, 0.3) is 0 Å². The van der Waals surface area contributed by atoms with Crippen molar-refractivity contribution in [2.24, 2.45) is 5.92 Å². The minimum atomic E-state index is -3.48. The maximum absolute atomic E-state index is 12.6. The molecule has 2 unspecified atom stereocenters. The van der Waals surface area contributed by atoms with Gasteiger partial charge in [-0.25, -0.2) is 18.4 Å². The van der Waals surface area contributed by atoms with Gasteiger partial charge in [0.25, 0.3) is 0 Å². The molecule has 2 N–H and O–H groups in total. The summed E-state index contributed by atoms with van der Waals surface area (Å²) in [7, 11) is -3.48. The maximum atomic E-state index is 12.6. The van der Waals surface area contributed by atoms with E-state index in [9.17, 15) is 8.42 Å². The van der Waals surface area contributed by atoms with E-state index in [1.165, 1.54) is 12.4 Å². The topological polar surface area (TPSA) is 89.2 Å². The molecule has 0 radical (unpaired) electrons. The molecule has 2 fully saturated rings. The van der Waals surface area contributed by atoms with Gasteiger partial charge >= 0.3 is 0 Å². The van der Waals surface area contributed by atoms with Gasteiger partial charge in [0, 0.05) is 12.6 Å². The molecule has 3 rings (SSSR count). The van der Waals surface area contributed by atoms with Crippen molar-refractivity contribution in [3.05, 3.63) is 12.4 Å². The van der Waals surface area contributed by atoms with Gasteiger partial charge in [0.2, 0.25) is 16.0 Å². The van der Waals surface area contributed by atoms with Crippen LogP contribution in [0.5, 0.6) is 0 Å². The summed E-state index contributed by atoms with van der Waals surface area (Å²) < 4.78 is 26.9. The second-order valence-electron chi connectivity index (χ2n) is 5.29. The summed E-state index contributed by atoms with van der Waals surface area (Å²) in [6.45, 7) is 0.605. The monoisotopic (exact) mass is 282 g/mol. The molecule has 0 amide bonds. The number of hydrogen-bond acceptors (Lipinski definition) is 5. The molecule has 0 spiro atoms. The summed E-state index contributed by atoms with van der Waals surface area (Å²) in [6, 6.07) is 0.163. The summed E-state index contributed by atoms with van der Waals surface area (Å²) in [5.41, 5.74) is 5.40. The van der Waals surface area contributed by atoms with E-state index in [2.05, 4.69) is 9.97 Å². The number of piperidine rings is 1. The van der Waals surface area contributed by atoms with Crippen LogP contribution in [0.15, 0.2) is 17.3 Å². The predicted molar refractivity (Wildman–Crippen MR) is 70.7 cm³/mol.